The van der Waals surface area contributed by atoms with Gasteiger partial charge in [0.1, 0.15) is 29.6 Å². The molecule has 11 nitrogen and oxygen atoms in total. The van der Waals surface area contributed by atoms with E-state index in [0.29, 0.717) is 11.1 Å². The van der Waals surface area contributed by atoms with Gasteiger partial charge in [0.2, 0.25) is 17.7 Å². The van der Waals surface area contributed by atoms with Crippen LogP contribution in [0.5, 0.6) is 11.5 Å². The molecule has 2 rings (SSSR count). The van der Waals surface area contributed by atoms with Crippen LogP contribution in [0, 0.1) is 5.92 Å². The van der Waals surface area contributed by atoms with Gasteiger partial charge < -0.3 is 37.0 Å². The molecule has 3 amide bonds. The van der Waals surface area contributed by atoms with Crippen LogP contribution >= 0.6 is 0 Å². The zero-order valence-corrected chi connectivity index (χ0v) is 21.0. The predicted molar refractivity (Wildman–Crippen MR) is 136 cm³/mol. The lowest BCUT2D eigenvalue weighted by Crippen LogP contribution is -2.57. The quantitative estimate of drug-likeness (QED) is 0.212. The van der Waals surface area contributed by atoms with Crippen molar-refractivity contribution in [2.75, 3.05) is 0 Å². The second-order valence-electron chi connectivity index (χ2n) is 9.20. The van der Waals surface area contributed by atoms with Gasteiger partial charge >= 0.3 is 5.97 Å². The van der Waals surface area contributed by atoms with Crippen LogP contribution in [0.1, 0.15) is 31.9 Å². The van der Waals surface area contributed by atoms with E-state index in [9.17, 15) is 34.5 Å². The standard InChI is InChI=1S/C26H34N4O7/c1-14(2)22(27)25(35)29-20(12-16-4-8-18(31)9-5-16)24(34)28-15(3)23(33)30-21(26(36)37)13-17-6-10-19(32)11-7-17/h4-11,14-15,20-22,31-32H,12-13,27H2,1-3H3,(H,28,34)(H,29,35)(H,30,33)(H,36,37). The molecular formula is C26H34N4O7. The van der Waals surface area contributed by atoms with Crippen molar-refractivity contribution in [1.29, 1.82) is 0 Å². The lowest BCUT2D eigenvalue weighted by molar-refractivity contribution is -0.142. The zero-order valence-electron chi connectivity index (χ0n) is 21.0. The molecule has 0 radical (unpaired) electrons. The van der Waals surface area contributed by atoms with Crippen LogP contribution in [0.3, 0.4) is 0 Å². The van der Waals surface area contributed by atoms with Crippen molar-refractivity contribution in [2.24, 2.45) is 11.7 Å². The van der Waals surface area contributed by atoms with Crippen molar-refractivity contribution in [3.8, 4) is 11.5 Å². The Morgan fingerprint density at radius 3 is 1.57 bits per heavy atom. The number of rotatable bonds is 12. The fraction of sp³-hybridized carbons (Fsp3) is 0.385. The maximum absolute atomic E-state index is 13.1. The van der Waals surface area contributed by atoms with E-state index in [2.05, 4.69) is 16.0 Å². The summed E-state index contributed by atoms with van der Waals surface area (Å²) in [6.07, 6.45) is 0.0320. The maximum atomic E-state index is 13.1. The first-order valence-corrected chi connectivity index (χ1v) is 11.8. The van der Waals surface area contributed by atoms with E-state index in [1.807, 2.05) is 0 Å². The van der Waals surface area contributed by atoms with E-state index in [-0.39, 0.29) is 30.3 Å². The van der Waals surface area contributed by atoms with Crippen molar-refractivity contribution in [3.63, 3.8) is 0 Å². The first-order chi connectivity index (χ1) is 17.4. The minimum absolute atomic E-state index is 0.0271. The van der Waals surface area contributed by atoms with Crippen LogP contribution < -0.4 is 21.7 Å². The lowest BCUT2D eigenvalue weighted by Gasteiger charge is -2.24. The van der Waals surface area contributed by atoms with E-state index in [1.54, 1.807) is 38.1 Å². The monoisotopic (exact) mass is 514 g/mol. The summed E-state index contributed by atoms with van der Waals surface area (Å²) < 4.78 is 0. The molecule has 4 atom stereocenters. The van der Waals surface area contributed by atoms with Gasteiger partial charge in [-0.2, -0.15) is 0 Å². The fourth-order valence-electron chi connectivity index (χ4n) is 3.39. The number of aliphatic carboxylic acids is 1. The number of hydrogen-bond acceptors (Lipinski definition) is 7. The SMILES string of the molecule is CC(NC(=O)C(Cc1ccc(O)cc1)NC(=O)C(N)C(C)C)C(=O)NC(Cc1ccc(O)cc1)C(=O)O. The second kappa shape index (κ2) is 13.3. The van der Waals surface area contributed by atoms with Crippen LogP contribution in [-0.4, -0.2) is 63.2 Å². The third-order valence-electron chi connectivity index (χ3n) is 5.77. The Morgan fingerprint density at radius 2 is 1.14 bits per heavy atom. The molecule has 0 saturated heterocycles. The van der Waals surface area contributed by atoms with E-state index in [4.69, 9.17) is 5.73 Å². The Hall–Kier alpha value is -4.12. The molecule has 0 bridgehead atoms. The van der Waals surface area contributed by atoms with Crippen molar-refractivity contribution >= 4 is 23.7 Å². The number of carboxylic acid groups (broad SMARTS) is 1. The number of phenols is 2. The van der Waals surface area contributed by atoms with E-state index < -0.39 is 47.9 Å². The first kappa shape index (κ1) is 29.1. The summed E-state index contributed by atoms with van der Waals surface area (Å²) in [5.74, 6) is -3.30. The minimum atomic E-state index is -1.27. The van der Waals surface area contributed by atoms with E-state index in [0.717, 1.165) is 0 Å². The van der Waals surface area contributed by atoms with Gasteiger partial charge in [0.15, 0.2) is 0 Å². The molecule has 37 heavy (non-hydrogen) atoms. The smallest absolute Gasteiger partial charge is 0.326 e. The number of carbonyl (C=O) groups excluding carboxylic acids is 3. The highest BCUT2D eigenvalue weighted by atomic mass is 16.4. The number of phenolic OH excluding ortho intramolecular Hbond substituents is 2. The molecule has 0 aliphatic heterocycles. The molecule has 0 aliphatic rings. The van der Waals surface area contributed by atoms with Crippen LogP contribution in [0.2, 0.25) is 0 Å². The zero-order chi connectivity index (χ0) is 27.7. The Morgan fingerprint density at radius 1 is 0.703 bits per heavy atom. The lowest BCUT2D eigenvalue weighted by atomic mass is 10.0. The molecule has 4 unspecified atom stereocenters. The van der Waals surface area contributed by atoms with Gasteiger partial charge in [-0.1, -0.05) is 38.1 Å². The average molecular weight is 515 g/mol. The van der Waals surface area contributed by atoms with Crippen LogP contribution in [-0.2, 0) is 32.0 Å². The minimum Gasteiger partial charge on any atom is -0.508 e. The second-order valence-corrected chi connectivity index (χ2v) is 9.20. The molecule has 0 fully saturated rings. The summed E-state index contributed by atoms with van der Waals surface area (Å²) in [5, 5.41) is 36.0. The van der Waals surface area contributed by atoms with Gasteiger partial charge in [-0.3, -0.25) is 14.4 Å². The molecule has 0 spiro atoms. The molecule has 0 saturated carbocycles. The normalized spacial score (nSPS) is 14.2. The van der Waals surface area contributed by atoms with Gasteiger partial charge in [0.25, 0.3) is 0 Å². The largest absolute Gasteiger partial charge is 0.508 e. The Bertz CT molecular complexity index is 1090. The molecule has 11 heteroatoms. The maximum Gasteiger partial charge on any atom is 0.326 e. The molecule has 200 valence electrons. The predicted octanol–water partition coefficient (Wildman–Crippen LogP) is 0.425. The summed E-state index contributed by atoms with van der Waals surface area (Å²) in [6, 6.07) is 7.67. The number of carbonyl (C=O) groups is 4. The molecule has 0 heterocycles. The number of nitrogens with one attached hydrogen (secondary N) is 3. The topological polar surface area (TPSA) is 191 Å². The summed E-state index contributed by atoms with van der Waals surface area (Å²) >= 11 is 0. The number of aromatic hydroxyl groups is 2. The Kier molecular flexibility index (Phi) is 10.4. The van der Waals surface area contributed by atoms with Crippen molar-refractivity contribution in [2.45, 2.75) is 57.8 Å². The molecule has 0 aromatic heterocycles. The van der Waals surface area contributed by atoms with Gasteiger partial charge in [0.05, 0.1) is 6.04 Å². The number of hydrogen-bond donors (Lipinski definition) is 7. The number of benzene rings is 2. The van der Waals surface area contributed by atoms with Crippen molar-refractivity contribution in [1.82, 2.24) is 16.0 Å². The van der Waals surface area contributed by atoms with Gasteiger partial charge in [-0.15, -0.1) is 0 Å². The van der Waals surface area contributed by atoms with Crippen molar-refractivity contribution < 1.29 is 34.5 Å². The number of amides is 3. The molecule has 8 N–H and O–H groups in total. The van der Waals surface area contributed by atoms with Gasteiger partial charge in [-0.25, -0.2) is 4.79 Å². The Labute approximate surface area is 215 Å². The molecule has 0 aliphatic carbocycles. The van der Waals surface area contributed by atoms with Crippen LogP contribution in [0.4, 0.5) is 0 Å². The highest BCUT2D eigenvalue weighted by Crippen LogP contribution is 2.13. The van der Waals surface area contributed by atoms with Gasteiger partial charge in [0, 0.05) is 12.8 Å². The summed E-state index contributed by atoms with van der Waals surface area (Å²) in [5.41, 5.74) is 7.15. The van der Waals surface area contributed by atoms with E-state index >= 15 is 0 Å². The average Bonchev–Trinajstić information content (AvgIpc) is 2.84. The van der Waals surface area contributed by atoms with Gasteiger partial charge in [-0.05, 0) is 48.2 Å². The summed E-state index contributed by atoms with van der Waals surface area (Å²) in [7, 11) is 0. The number of nitrogens with two attached hydrogens (primary N) is 1. The Balaban J connectivity index is 2.10. The molecule has 2 aromatic carbocycles. The van der Waals surface area contributed by atoms with Crippen LogP contribution in [0.15, 0.2) is 48.5 Å². The fourth-order valence-corrected chi connectivity index (χ4v) is 3.39. The number of carboxylic acids is 1. The van der Waals surface area contributed by atoms with Crippen molar-refractivity contribution in [3.05, 3.63) is 59.7 Å². The van der Waals surface area contributed by atoms with Crippen LogP contribution in [0.25, 0.3) is 0 Å². The molecule has 2 aromatic rings. The third-order valence-corrected chi connectivity index (χ3v) is 5.77. The molecular weight excluding hydrogens is 480 g/mol. The highest BCUT2D eigenvalue weighted by Gasteiger charge is 2.29. The first-order valence-electron chi connectivity index (χ1n) is 11.8. The summed E-state index contributed by atoms with van der Waals surface area (Å²) in [4.78, 5) is 50.0. The summed E-state index contributed by atoms with van der Waals surface area (Å²) in [6.45, 7) is 4.93. The highest BCUT2D eigenvalue weighted by molar-refractivity contribution is 5.94. The third kappa shape index (κ3) is 9.12. The van der Waals surface area contributed by atoms with E-state index in [1.165, 1.54) is 31.2 Å².